The maximum atomic E-state index is 13.2. The Labute approximate surface area is 184 Å². The number of ether oxygens (including phenoxy) is 2. The van der Waals surface area contributed by atoms with Crippen molar-refractivity contribution in [2.75, 3.05) is 6.73 Å². The first-order valence-electron chi connectivity index (χ1n) is 9.94. The lowest BCUT2D eigenvalue weighted by atomic mass is 10.00. The highest BCUT2D eigenvalue weighted by Gasteiger charge is 2.33. The maximum Gasteiger partial charge on any atom is 0.231 e. The number of nitrogens with zero attached hydrogens (tertiary/aromatic N) is 1. The molecule has 0 unspecified atom stereocenters. The van der Waals surface area contributed by atoms with E-state index in [-0.39, 0.29) is 17.4 Å². The first-order valence-corrected chi connectivity index (χ1v) is 10.3. The van der Waals surface area contributed by atoms with E-state index in [0.29, 0.717) is 36.7 Å². The predicted molar refractivity (Wildman–Crippen MR) is 117 cm³/mol. The van der Waals surface area contributed by atoms with Crippen LogP contribution < -0.4 is 9.47 Å². The van der Waals surface area contributed by atoms with Crippen molar-refractivity contribution in [3.8, 4) is 11.5 Å². The van der Waals surface area contributed by atoms with Gasteiger partial charge in [-0.3, -0.25) is 9.69 Å². The van der Waals surface area contributed by atoms with E-state index in [1.165, 1.54) is 12.1 Å². The molecule has 0 atom stereocenters. The van der Waals surface area contributed by atoms with Gasteiger partial charge in [0.25, 0.3) is 0 Å². The summed E-state index contributed by atoms with van der Waals surface area (Å²) in [5.74, 6) is 0.987. The van der Waals surface area contributed by atoms with Crippen LogP contribution in [0.1, 0.15) is 32.6 Å². The molecule has 0 N–H and O–H groups in total. The van der Waals surface area contributed by atoms with E-state index in [1.807, 2.05) is 37.3 Å². The Morgan fingerprint density at radius 2 is 1.90 bits per heavy atom. The van der Waals surface area contributed by atoms with Gasteiger partial charge < -0.3 is 9.47 Å². The van der Waals surface area contributed by atoms with E-state index < -0.39 is 0 Å². The molecule has 3 aromatic rings. The molecule has 2 heterocycles. The van der Waals surface area contributed by atoms with Gasteiger partial charge >= 0.3 is 0 Å². The van der Waals surface area contributed by atoms with Crippen LogP contribution >= 0.6 is 11.6 Å². The number of carbonyl (C=O) groups is 1. The standard InChI is InChI=1S/C25H19ClFNO3/c1-15-24-18(13-28(14-30-24)12-17-4-2-3-5-21(17)26)11-20-23(29)22(31-25(15)20)10-16-6-8-19(27)9-7-16/h2-11H,12-14H2,1H3/b22-10-. The van der Waals surface area contributed by atoms with Gasteiger partial charge in [0, 0.05) is 29.2 Å². The maximum absolute atomic E-state index is 13.2. The van der Waals surface area contributed by atoms with Crippen molar-refractivity contribution >= 4 is 23.5 Å². The van der Waals surface area contributed by atoms with Crippen LogP contribution in [-0.4, -0.2) is 17.4 Å². The van der Waals surface area contributed by atoms with Crippen LogP contribution in [0.4, 0.5) is 4.39 Å². The highest BCUT2D eigenvalue weighted by atomic mass is 35.5. The smallest absolute Gasteiger partial charge is 0.231 e. The number of allylic oxidation sites excluding steroid dienone is 1. The molecular weight excluding hydrogens is 417 g/mol. The van der Waals surface area contributed by atoms with Crippen LogP contribution in [0, 0.1) is 12.7 Å². The van der Waals surface area contributed by atoms with E-state index >= 15 is 0 Å². The Hall–Kier alpha value is -3.15. The third-order valence-electron chi connectivity index (χ3n) is 5.52. The molecule has 0 radical (unpaired) electrons. The number of fused-ring (bicyclic) bond motifs is 2. The molecule has 0 fully saturated rings. The summed E-state index contributed by atoms with van der Waals surface area (Å²) < 4.78 is 25.1. The van der Waals surface area contributed by atoms with Crippen molar-refractivity contribution in [1.29, 1.82) is 0 Å². The molecule has 0 saturated heterocycles. The largest absolute Gasteiger partial charge is 0.477 e. The van der Waals surface area contributed by atoms with E-state index in [2.05, 4.69) is 4.90 Å². The Morgan fingerprint density at radius 1 is 1.13 bits per heavy atom. The summed E-state index contributed by atoms with van der Waals surface area (Å²) in [5, 5.41) is 0.720. The Balaban J connectivity index is 1.43. The van der Waals surface area contributed by atoms with Gasteiger partial charge in [0.2, 0.25) is 5.78 Å². The summed E-state index contributed by atoms with van der Waals surface area (Å²) in [7, 11) is 0. The van der Waals surface area contributed by atoms with Crippen LogP contribution in [0.25, 0.3) is 6.08 Å². The molecule has 5 rings (SSSR count). The number of halogens is 2. The predicted octanol–water partition coefficient (Wildman–Crippen LogP) is 5.76. The third-order valence-corrected chi connectivity index (χ3v) is 5.89. The molecule has 0 aromatic heterocycles. The molecule has 0 saturated carbocycles. The first kappa shape index (κ1) is 19.8. The van der Waals surface area contributed by atoms with Gasteiger partial charge in [-0.2, -0.15) is 0 Å². The second-order valence-corrected chi connectivity index (χ2v) is 8.12. The number of Topliss-reactive ketones (excluding diaryl/α,β-unsaturated/α-hetero) is 1. The number of hydrogen-bond donors (Lipinski definition) is 0. The Morgan fingerprint density at radius 3 is 2.68 bits per heavy atom. The van der Waals surface area contributed by atoms with Gasteiger partial charge in [0.1, 0.15) is 24.0 Å². The van der Waals surface area contributed by atoms with Gasteiger partial charge in [0.15, 0.2) is 5.76 Å². The Bertz CT molecular complexity index is 1220. The van der Waals surface area contributed by atoms with Gasteiger partial charge in [0.05, 0.1) is 5.56 Å². The molecule has 3 aromatic carbocycles. The molecule has 6 heteroatoms. The fourth-order valence-corrected chi connectivity index (χ4v) is 4.17. The molecule has 0 amide bonds. The fourth-order valence-electron chi connectivity index (χ4n) is 3.98. The van der Waals surface area contributed by atoms with Crippen LogP contribution in [-0.2, 0) is 13.1 Å². The average Bonchev–Trinajstić information content (AvgIpc) is 3.07. The van der Waals surface area contributed by atoms with Crippen LogP contribution in [0.2, 0.25) is 5.02 Å². The lowest BCUT2D eigenvalue weighted by Gasteiger charge is -2.30. The second-order valence-electron chi connectivity index (χ2n) is 7.71. The normalized spacial score (nSPS) is 16.6. The van der Waals surface area contributed by atoms with Crippen LogP contribution in [0.15, 0.2) is 60.4 Å². The van der Waals surface area contributed by atoms with E-state index in [0.717, 1.165) is 27.5 Å². The SMILES string of the molecule is Cc1c2c(cc3c1O/C(=C\c1ccc(F)cc1)C3=O)CN(Cc1ccccc1Cl)CO2. The number of benzene rings is 3. The number of carbonyl (C=O) groups excluding carboxylic acids is 1. The zero-order chi connectivity index (χ0) is 21.5. The zero-order valence-corrected chi connectivity index (χ0v) is 17.6. The molecule has 156 valence electrons. The van der Waals surface area contributed by atoms with Gasteiger partial charge in [-0.1, -0.05) is 41.9 Å². The third kappa shape index (κ3) is 3.71. The lowest BCUT2D eigenvalue weighted by Crippen LogP contribution is -2.32. The van der Waals surface area contributed by atoms with Crippen LogP contribution in [0.3, 0.4) is 0 Å². The van der Waals surface area contributed by atoms with E-state index in [4.69, 9.17) is 21.1 Å². The van der Waals surface area contributed by atoms with Crippen molar-refractivity contribution in [1.82, 2.24) is 4.90 Å². The number of ketones is 1. The summed E-state index contributed by atoms with van der Waals surface area (Å²) in [6, 6.07) is 15.5. The quantitative estimate of drug-likeness (QED) is 0.490. The lowest BCUT2D eigenvalue weighted by molar-refractivity contribution is 0.0877. The summed E-state index contributed by atoms with van der Waals surface area (Å²) in [6.45, 7) is 3.61. The van der Waals surface area contributed by atoms with Crippen molar-refractivity contribution in [3.63, 3.8) is 0 Å². The molecule has 4 nitrogen and oxygen atoms in total. The highest BCUT2D eigenvalue weighted by Crippen LogP contribution is 2.43. The summed E-state index contributed by atoms with van der Waals surface area (Å²) in [5.41, 5.74) is 3.99. The minimum Gasteiger partial charge on any atom is -0.477 e. The fraction of sp³-hybridized carbons (Fsp3) is 0.160. The zero-order valence-electron chi connectivity index (χ0n) is 16.8. The van der Waals surface area contributed by atoms with Crippen molar-refractivity contribution in [2.45, 2.75) is 20.0 Å². The van der Waals surface area contributed by atoms with Gasteiger partial charge in [-0.25, -0.2) is 4.39 Å². The topological polar surface area (TPSA) is 38.8 Å². The molecule has 0 spiro atoms. The second kappa shape index (κ2) is 7.84. The van der Waals surface area contributed by atoms with E-state index in [1.54, 1.807) is 18.2 Å². The summed E-state index contributed by atoms with van der Waals surface area (Å²) in [4.78, 5) is 15.1. The molecule has 2 aliphatic heterocycles. The number of hydrogen-bond acceptors (Lipinski definition) is 4. The van der Waals surface area contributed by atoms with Crippen molar-refractivity contribution in [3.05, 3.63) is 99.0 Å². The van der Waals surface area contributed by atoms with Crippen molar-refractivity contribution < 1.29 is 18.7 Å². The first-order chi connectivity index (χ1) is 15.0. The molecular formula is C25H19ClFNO3. The van der Waals surface area contributed by atoms with Crippen molar-refractivity contribution in [2.24, 2.45) is 0 Å². The van der Waals surface area contributed by atoms with Crippen LogP contribution in [0.5, 0.6) is 11.5 Å². The average molecular weight is 436 g/mol. The van der Waals surface area contributed by atoms with Gasteiger partial charge in [-0.05, 0) is 48.4 Å². The monoisotopic (exact) mass is 435 g/mol. The minimum absolute atomic E-state index is 0.187. The van der Waals surface area contributed by atoms with Gasteiger partial charge in [-0.15, -0.1) is 0 Å². The van der Waals surface area contributed by atoms with E-state index in [9.17, 15) is 9.18 Å². The number of rotatable bonds is 3. The molecule has 0 aliphatic carbocycles. The molecule has 2 aliphatic rings. The molecule has 0 bridgehead atoms. The minimum atomic E-state index is -0.328. The summed E-state index contributed by atoms with van der Waals surface area (Å²) in [6.07, 6.45) is 1.63. The Kier molecular flexibility index (Phi) is 5.00. The highest BCUT2D eigenvalue weighted by molar-refractivity contribution is 6.31. The molecule has 31 heavy (non-hydrogen) atoms. The summed E-state index contributed by atoms with van der Waals surface area (Å²) >= 11 is 6.30.